The first-order chi connectivity index (χ1) is 7.85. The van der Waals surface area contributed by atoms with Gasteiger partial charge < -0.3 is 10.2 Å². The maximum Gasteiger partial charge on any atom is 0.0784 e. The smallest absolute Gasteiger partial charge is 0.0784 e. The van der Waals surface area contributed by atoms with Gasteiger partial charge in [-0.3, -0.25) is 0 Å². The summed E-state index contributed by atoms with van der Waals surface area (Å²) in [4.78, 5) is 0. The highest BCUT2D eigenvalue weighted by atomic mass is 16.3. The molecule has 0 aromatic heterocycles. The predicted molar refractivity (Wildman–Crippen MR) is 67.4 cm³/mol. The molecule has 0 aliphatic heterocycles. The molecule has 0 radical (unpaired) electrons. The van der Waals surface area contributed by atoms with Crippen molar-refractivity contribution in [3.63, 3.8) is 0 Å². The summed E-state index contributed by atoms with van der Waals surface area (Å²) in [5, 5.41) is 20.6. The lowest BCUT2D eigenvalue weighted by Gasteiger charge is -2.61. The number of fused-ring (bicyclic) bond motifs is 2. The van der Waals surface area contributed by atoms with Gasteiger partial charge in [0.1, 0.15) is 0 Å². The Morgan fingerprint density at radius 3 is 2.71 bits per heavy atom. The molecule has 0 bridgehead atoms. The molecule has 0 amide bonds. The van der Waals surface area contributed by atoms with Crippen LogP contribution in [0.1, 0.15) is 46.0 Å². The van der Waals surface area contributed by atoms with Crippen molar-refractivity contribution in [2.75, 3.05) is 0 Å². The Balaban J connectivity index is 1.89. The summed E-state index contributed by atoms with van der Waals surface area (Å²) < 4.78 is 0. The normalized spacial score (nSPS) is 58.0. The zero-order valence-electron chi connectivity index (χ0n) is 10.9. The number of rotatable bonds is 0. The lowest BCUT2D eigenvalue weighted by molar-refractivity contribution is -0.159. The first kappa shape index (κ1) is 11.7. The van der Waals surface area contributed by atoms with E-state index in [0.29, 0.717) is 17.8 Å². The molecule has 96 valence electrons. The van der Waals surface area contributed by atoms with Gasteiger partial charge in [-0.1, -0.05) is 19.9 Å². The molecule has 2 nitrogen and oxygen atoms in total. The summed E-state index contributed by atoms with van der Waals surface area (Å²) in [7, 11) is 0. The van der Waals surface area contributed by atoms with E-state index in [9.17, 15) is 10.2 Å². The fourth-order valence-electron chi connectivity index (χ4n) is 4.98. The molecule has 0 aromatic carbocycles. The van der Waals surface area contributed by atoms with E-state index in [1.807, 2.05) is 6.92 Å². The van der Waals surface area contributed by atoms with Crippen LogP contribution in [0.5, 0.6) is 0 Å². The molecular weight excluding hydrogens is 212 g/mol. The van der Waals surface area contributed by atoms with Crippen LogP contribution in [-0.4, -0.2) is 21.9 Å². The third-order valence-corrected chi connectivity index (χ3v) is 5.99. The van der Waals surface area contributed by atoms with Crippen molar-refractivity contribution in [1.29, 1.82) is 0 Å². The topological polar surface area (TPSA) is 40.5 Å². The minimum absolute atomic E-state index is 0.227. The average Bonchev–Trinajstić information content (AvgIpc) is 2.26. The van der Waals surface area contributed by atoms with Crippen LogP contribution in [0.4, 0.5) is 0 Å². The largest absolute Gasteiger partial charge is 0.390 e. The van der Waals surface area contributed by atoms with Crippen LogP contribution >= 0.6 is 0 Å². The fraction of sp³-hybridized carbons (Fsp3) is 0.867. The quantitative estimate of drug-likeness (QED) is 0.634. The summed E-state index contributed by atoms with van der Waals surface area (Å²) in [6.45, 7) is 8.32. The van der Waals surface area contributed by atoms with Crippen LogP contribution in [-0.2, 0) is 0 Å². The van der Waals surface area contributed by atoms with Gasteiger partial charge in [0.05, 0.1) is 11.7 Å². The summed E-state index contributed by atoms with van der Waals surface area (Å²) in [6, 6.07) is 0. The van der Waals surface area contributed by atoms with E-state index < -0.39 is 5.60 Å². The number of aliphatic hydroxyl groups is 2. The van der Waals surface area contributed by atoms with Crippen LogP contribution in [0.3, 0.4) is 0 Å². The Kier molecular flexibility index (Phi) is 2.32. The molecule has 3 rings (SSSR count). The molecule has 17 heavy (non-hydrogen) atoms. The zero-order valence-corrected chi connectivity index (χ0v) is 10.9. The molecule has 6 atom stereocenters. The van der Waals surface area contributed by atoms with Gasteiger partial charge in [0.15, 0.2) is 0 Å². The van der Waals surface area contributed by atoms with Crippen molar-refractivity contribution in [3.8, 4) is 0 Å². The van der Waals surface area contributed by atoms with Gasteiger partial charge in [-0.25, -0.2) is 0 Å². The number of hydrogen-bond donors (Lipinski definition) is 2. The SMILES string of the molecule is C=C1C(O)C2CC3(C)CCCC(C)(O)C3CC12. The highest BCUT2D eigenvalue weighted by Gasteiger charge is 2.58. The third kappa shape index (κ3) is 1.47. The lowest BCUT2D eigenvalue weighted by Crippen LogP contribution is -2.59. The van der Waals surface area contributed by atoms with Gasteiger partial charge in [0.2, 0.25) is 0 Å². The third-order valence-electron chi connectivity index (χ3n) is 5.99. The van der Waals surface area contributed by atoms with E-state index in [0.717, 1.165) is 31.3 Å². The summed E-state index contributed by atoms with van der Waals surface area (Å²) in [5.74, 6) is 1.26. The van der Waals surface area contributed by atoms with E-state index in [1.165, 1.54) is 6.42 Å². The highest BCUT2D eigenvalue weighted by molar-refractivity contribution is 5.25. The second-order valence-corrected chi connectivity index (χ2v) is 7.15. The van der Waals surface area contributed by atoms with Crippen molar-refractivity contribution in [3.05, 3.63) is 12.2 Å². The van der Waals surface area contributed by atoms with Gasteiger partial charge in [0, 0.05) is 0 Å². The maximum atomic E-state index is 10.6. The van der Waals surface area contributed by atoms with Crippen molar-refractivity contribution < 1.29 is 10.2 Å². The van der Waals surface area contributed by atoms with Crippen LogP contribution in [0.15, 0.2) is 12.2 Å². The molecule has 0 heterocycles. The molecule has 0 saturated heterocycles. The van der Waals surface area contributed by atoms with E-state index in [-0.39, 0.29) is 11.5 Å². The molecule has 3 saturated carbocycles. The second kappa shape index (κ2) is 3.36. The Morgan fingerprint density at radius 2 is 2.00 bits per heavy atom. The molecule has 3 aliphatic carbocycles. The van der Waals surface area contributed by atoms with E-state index in [2.05, 4.69) is 13.5 Å². The predicted octanol–water partition coefficient (Wildman–Crippen LogP) is 2.50. The Morgan fingerprint density at radius 1 is 1.29 bits per heavy atom. The summed E-state index contributed by atoms with van der Waals surface area (Å²) in [6.07, 6.45) is 5.08. The molecule has 3 aliphatic rings. The minimum Gasteiger partial charge on any atom is -0.390 e. The van der Waals surface area contributed by atoms with Gasteiger partial charge in [-0.15, -0.1) is 0 Å². The Hall–Kier alpha value is -0.340. The molecular formula is C15H24O2. The Labute approximate surface area is 104 Å². The van der Waals surface area contributed by atoms with Crippen molar-refractivity contribution >= 4 is 0 Å². The first-order valence-corrected chi connectivity index (χ1v) is 6.94. The monoisotopic (exact) mass is 236 g/mol. The average molecular weight is 236 g/mol. The first-order valence-electron chi connectivity index (χ1n) is 6.94. The highest BCUT2D eigenvalue weighted by Crippen LogP contribution is 2.62. The van der Waals surface area contributed by atoms with Crippen LogP contribution in [0, 0.1) is 23.2 Å². The zero-order chi connectivity index (χ0) is 12.4. The molecule has 2 N–H and O–H groups in total. The van der Waals surface area contributed by atoms with Crippen molar-refractivity contribution in [2.45, 2.75) is 57.7 Å². The van der Waals surface area contributed by atoms with Gasteiger partial charge >= 0.3 is 0 Å². The van der Waals surface area contributed by atoms with Gasteiger partial charge in [-0.05, 0) is 61.3 Å². The maximum absolute atomic E-state index is 10.6. The van der Waals surface area contributed by atoms with E-state index in [1.54, 1.807) is 0 Å². The van der Waals surface area contributed by atoms with E-state index >= 15 is 0 Å². The molecule has 0 spiro atoms. The van der Waals surface area contributed by atoms with Gasteiger partial charge in [0.25, 0.3) is 0 Å². The summed E-state index contributed by atoms with van der Waals surface area (Å²) >= 11 is 0. The number of hydrogen-bond acceptors (Lipinski definition) is 2. The van der Waals surface area contributed by atoms with Crippen molar-refractivity contribution in [2.24, 2.45) is 23.2 Å². The molecule has 6 unspecified atom stereocenters. The lowest BCUT2D eigenvalue weighted by atomic mass is 9.45. The minimum atomic E-state index is -0.515. The Bertz CT molecular complexity index is 360. The van der Waals surface area contributed by atoms with Crippen LogP contribution < -0.4 is 0 Å². The number of aliphatic hydroxyl groups excluding tert-OH is 1. The van der Waals surface area contributed by atoms with Crippen molar-refractivity contribution in [1.82, 2.24) is 0 Å². The standard InChI is InChI=1S/C15H24O2/c1-9-10-7-12-14(2,8-11(10)13(9)16)5-4-6-15(12,3)17/h10-13,16-17H,1,4-8H2,2-3H3. The van der Waals surface area contributed by atoms with Crippen LogP contribution in [0.2, 0.25) is 0 Å². The molecule has 3 fully saturated rings. The van der Waals surface area contributed by atoms with Crippen LogP contribution in [0.25, 0.3) is 0 Å². The van der Waals surface area contributed by atoms with Gasteiger partial charge in [-0.2, -0.15) is 0 Å². The fourth-order valence-corrected chi connectivity index (χ4v) is 4.98. The molecule has 2 heteroatoms. The second-order valence-electron chi connectivity index (χ2n) is 7.15. The van der Waals surface area contributed by atoms with E-state index in [4.69, 9.17) is 0 Å². The molecule has 0 aromatic rings. The summed E-state index contributed by atoms with van der Waals surface area (Å²) in [5.41, 5.74) is 0.724.